The van der Waals surface area contributed by atoms with Crippen molar-refractivity contribution in [2.24, 2.45) is 0 Å². The van der Waals surface area contributed by atoms with Crippen molar-refractivity contribution in [2.75, 3.05) is 36.8 Å². The molecule has 2 amide bonds. The summed E-state index contributed by atoms with van der Waals surface area (Å²) in [6.45, 7) is 5.20. The van der Waals surface area contributed by atoms with Gasteiger partial charge < -0.3 is 9.80 Å². The Morgan fingerprint density at radius 3 is 3.00 bits per heavy atom. The van der Waals surface area contributed by atoms with Gasteiger partial charge in [0.2, 0.25) is 11.8 Å². The Morgan fingerprint density at radius 1 is 1.29 bits per heavy atom. The molecule has 1 aromatic rings. The van der Waals surface area contributed by atoms with Gasteiger partial charge in [0.25, 0.3) is 0 Å². The van der Waals surface area contributed by atoms with Crippen LogP contribution in [0.25, 0.3) is 0 Å². The number of carbonyl (C=O) groups is 2. The number of benzene rings is 1. The Kier molecular flexibility index (Phi) is 4.26. The third-order valence-electron chi connectivity index (χ3n) is 5.36. The van der Waals surface area contributed by atoms with E-state index in [1.54, 1.807) is 16.7 Å². The molecular formula is C18H23N3O2S. The molecule has 0 unspecified atom stereocenters. The zero-order valence-electron chi connectivity index (χ0n) is 14.0. The molecule has 3 heterocycles. The average Bonchev–Trinajstić information content (AvgIpc) is 3.03. The van der Waals surface area contributed by atoms with Crippen LogP contribution in [0.3, 0.4) is 0 Å². The number of rotatable bonds is 2. The molecule has 24 heavy (non-hydrogen) atoms. The van der Waals surface area contributed by atoms with E-state index < -0.39 is 0 Å². The summed E-state index contributed by atoms with van der Waals surface area (Å²) in [4.78, 5) is 32.5. The second-order valence-electron chi connectivity index (χ2n) is 6.92. The number of para-hydroxylation sites is 1. The lowest BCUT2D eigenvalue weighted by Gasteiger charge is -2.43. The van der Waals surface area contributed by atoms with Gasteiger partial charge >= 0.3 is 0 Å². The number of anilines is 1. The zero-order valence-corrected chi connectivity index (χ0v) is 14.8. The van der Waals surface area contributed by atoms with Crippen molar-refractivity contribution >= 4 is 29.3 Å². The average molecular weight is 345 g/mol. The molecule has 2 atom stereocenters. The molecule has 1 aromatic carbocycles. The van der Waals surface area contributed by atoms with Gasteiger partial charge in [0.15, 0.2) is 0 Å². The van der Waals surface area contributed by atoms with Crippen LogP contribution in [0.15, 0.2) is 29.2 Å². The van der Waals surface area contributed by atoms with Crippen LogP contribution in [-0.2, 0) is 9.59 Å². The lowest BCUT2D eigenvalue weighted by molar-refractivity contribution is -0.136. The molecule has 0 radical (unpaired) electrons. The zero-order chi connectivity index (χ0) is 16.7. The van der Waals surface area contributed by atoms with Crippen LogP contribution in [-0.4, -0.2) is 65.6 Å². The maximum Gasteiger partial charge on any atom is 0.242 e. The van der Waals surface area contributed by atoms with Crippen molar-refractivity contribution in [1.29, 1.82) is 0 Å². The van der Waals surface area contributed by atoms with Crippen LogP contribution in [0.4, 0.5) is 5.69 Å². The molecular weight excluding hydrogens is 322 g/mol. The number of carbonyl (C=O) groups excluding carboxylic acids is 2. The summed E-state index contributed by atoms with van der Waals surface area (Å²) < 4.78 is 0. The van der Waals surface area contributed by atoms with Gasteiger partial charge in [-0.05, 0) is 38.4 Å². The van der Waals surface area contributed by atoms with Gasteiger partial charge in [-0.15, -0.1) is 11.8 Å². The quantitative estimate of drug-likeness (QED) is 0.820. The van der Waals surface area contributed by atoms with Crippen LogP contribution in [0, 0.1) is 0 Å². The molecule has 0 saturated carbocycles. The van der Waals surface area contributed by atoms with E-state index in [2.05, 4.69) is 11.8 Å². The van der Waals surface area contributed by atoms with Crippen molar-refractivity contribution in [2.45, 2.75) is 36.7 Å². The van der Waals surface area contributed by atoms with E-state index in [0.29, 0.717) is 11.8 Å². The van der Waals surface area contributed by atoms with Crippen molar-refractivity contribution in [3.05, 3.63) is 24.3 Å². The SMILES string of the molecule is C[C@@H]1CN2CCC[C@@H]2CN1C(=O)CN1C(=O)CSc2ccccc21. The molecule has 5 nitrogen and oxygen atoms in total. The molecule has 0 aromatic heterocycles. The first-order chi connectivity index (χ1) is 11.6. The van der Waals surface area contributed by atoms with Gasteiger partial charge in [0.05, 0.1) is 11.4 Å². The number of nitrogens with zero attached hydrogens (tertiary/aromatic N) is 3. The fraction of sp³-hybridized carbons (Fsp3) is 0.556. The Hall–Kier alpha value is -1.53. The molecule has 3 aliphatic rings. The van der Waals surface area contributed by atoms with Crippen LogP contribution in [0.1, 0.15) is 19.8 Å². The molecule has 2 fully saturated rings. The fourth-order valence-corrected chi connectivity index (χ4v) is 5.02. The van der Waals surface area contributed by atoms with Gasteiger partial charge in [-0.1, -0.05) is 12.1 Å². The highest BCUT2D eigenvalue weighted by Crippen LogP contribution is 2.35. The Bertz CT molecular complexity index is 665. The van der Waals surface area contributed by atoms with Crippen LogP contribution >= 0.6 is 11.8 Å². The molecule has 128 valence electrons. The maximum absolute atomic E-state index is 12.9. The first kappa shape index (κ1) is 16.0. The maximum atomic E-state index is 12.9. The molecule has 0 spiro atoms. The number of piperazine rings is 1. The van der Waals surface area contributed by atoms with E-state index in [-0.39, 0.29) is 24.4 Å². The highest BCUT2D eigenvalue weighted by molar-refractivity contribution is 8.00. The van der Waals surface area contributed by atoms with E-state index in [0.717, 1.165) is 30.2 Å². The van der Waals surface area contributed by atoms with Gasteiger partial charge in [-0.2, -0.15) is 0 Å². The molecule has 2 saturated heterocycles. The summed E-state index contributed by atoms with van der Waals surface area (Å²) in [6, 6.07) is 8.58. The summed E-state index contributed by atoms with van der Waals surface area (Å²) >= 11 is 1.55. The van der Waals surface area contributed by atoms with Crippen molar-refractivity contribution in [3.63, 3.8) is 0 Å². The van der Waals surface area contributed by atoms with E-state index in [1.807, 2.05) is 29.2 Å². The first-order valence-corrected chi connectivity index (χ1v) is 9.68. The van der Waals surface area contributed by atoms with E-state index in [9.17, 15) is 9.59 Å². The first-order valence-electron chi connectivity index (χ1n) is 8.69. The van der Waals surface area contributed by atoms with Crippen LogP contribution in [0.5, 0.6) is 0 Å². The predicted molar refractivity (Wildman–Crippen MR) is 95.3 cm³/mol. The largest absolute Gasteiger partial charge is 0.336 e. The van der Waals surface area contributed by atoms with Gasteiger partial charge in [0, 0.05) is 30.1 Å². The molecule has 0 aliphatic carbocycles. The topological polar surface area (TPSA) is 43.9 Å². The fourth-order valence-electron chi connectivity index (χ4n) is 4.09. The van der Waals surface area contributed by atoms with E-state index in [4.69, 9.17) is 0 Å². The summed E-state index contributed by atoms with van der Waals surface area (Å²) in [6.07, 6.45) is 2.41. The smallest absolute Gasteiger partial charge is 0.242 e. The third kappa shape index (κ3) is 2.82. The highest BCUT2D eigenvalue weighted by atomic mass is 32.2. The predicted octanol–water partition coefficient (Wildman–Crippen LogP) is 1.82. The monoisotopic (exact) mass is 345 g/mol. The summed E-state index contributed by atoms with van der Waals surface area (Å²) in [5, 5.41) is 0. The van der Waals surface area contributed by atoms with Crippen LogP contribution < -0.4 is 4.90 Å². The third-order valence-corrected chi connectivity index (χ3v) is 6.41. The standard InChI is InChI=1S/C18H23N3O2S/c1-13-9-19-8-4-5-14(19)10-20(13)17(22)11-21-15-6-2-3-7-16(15)24-12-18(21)23/h2-3,6-7,13-14H,4-5,8-12H2,1H3/t13-,14-/m1/s1. The Balaban J connectivity index is 1.50. The summed E-state index contributed by atoms with van der Waals surface area (Å²) in [5.41, 5.74) is 0.874. The minimum atomic E-state index is 0.0270. The molecule has 0 N–H and O–H groups in total. The molecule has 0 bridgehead atoms. The van der Waals surface area contributed by atoms with Gasteiger partial charge in [-0.25, -0.2) is 0 Å². The highest BCUT2D eigenvalue weighted by Gasteiger charge is 2.37. The Morgan fingerprint density at radius 2 is 2.12 bits per heavy atom. The molecule has 4 rings (SSSR count). The number of hydrogen-bond acceptors (Lipinski definition) is 4. The number of fused-ring (bicyclic) bond motifs is 2. The van der Waals surface area contributed by atoms with Crippen molar-refractivity contribution < 1.29 is 9.59 Å². The minimum Gasteiger partial charge on any atom is -0.336 e. The minimum absolute atomic E-state index is 0.0270. The normalized spacial score (nSPS) is 27.1. The lowest BCUT2D eigenvalue weighted by atomic mass is 10.1. The number of hydrogen-bond donors (Lipinski definition) is 0. The second kappa shape index (κ2) is 6.41. The van der Waals surface area contributed by atoms with E-state index >= 15 is 0 Å². The summed E-state index contributed by atoms with van der Waals surface area (Å²) in [5.74, 6) is 0.513. The van der Waals surface area contributed by atoms with Crippen molar-refractivity contribution in [3.8, 4) is 0 Å². The van der Waals surface area contributed by atoms with Gasteiger partial charge in [-0.3, -0.25) is 14.5 Å². The second-order valence-corrected chi connectivity index (χ2v) is 7.94. The summed E-state index contributed by atoms with van der Waals surface area (Å²) in [7, 11) is 0. The number of thioether (sulfide) groups is 1. The molecule has 3 aliphatic heterocycles. The van der Waals surface area contributed by atoms with Gasteiger partial charge in [0.1, 0.15) is 6.54 Å². The Labute approximate surface area is 147 Å². The van der Waals surface area contributed by atoms with Crippen LogP contribution in [0.2, 0.25) is 0 Å². The van der Waals surface area contributed by atoms with Crippen molar-refractivity contribution in [1.82, 2.24) is 9.80 Å². The lowest BCUT2D eigenvalue weighted by Crippen LogP contribution is -2.58. The number of amides is 2. The molecule has 6 heteroatoms. The van der Waals surface area contributed by atoms with E-state index in [1.165, 1.54) is 12.8 Å².